The second kappa shape index (κ2) is 6.99. The summed E-state index contributed by atoms with van der Waals surface area (Å²) in [7, 11) is 0. The molecule has 5 heteroatoms. The second-order valence-corrected chi connectivity index (χ2v) is 5.73. The van der Waals surface area contributed by atoms with E-state index in [0.29, 0.717) is 25.7 Å². The third-order valence-electron chi connectivity index (χ3n) is 3.70. The van der Waals surface area contributed by atoms with E-state index in [1.807, 2.05) is 16.9 Å². The van der Waals surface area contributed by atoms with Crippen molar-refractivity contribution in [1.82, 2.24) is 15.1 Å². The van der Waals surface area contributed by atoms with E-state index in [2.05, 4.69) is 31.2 Å². The number of Topliss-reactive ketones (excluding diaryl/α,β-unsaturated/α-hetero) is 1. The van der Waals surface area contributed by atoms with Crippen LogP contribution < -0.4 is 5.32 Å². The highest BCUT2D eigenvalue weighted by Gasteiger charge is 2.33. The third-order valence-corrected chi connectivity index (χ3v) is 3.70. The smallest absolute Gasteiger partial charge is 0.145 e. The lowest BCUT2D eigenvalue weighted by Crippen LogP contribution is -2.40. The number of carbonyl (C=O) groups excluding carboxylic acids is 1. The van der Waals surface area contributed by atoms with Gasteiger partial charge in [-0.25, -0.2) is 0 Å². The van der Waals surface area contributed by atoms with Crippen molar-refractivity contribution in [2.24, 2.45) is 5.92 Å². The van der Waals surface area contributed by atoms with E-state index in [9.17, 15) is 4.79 Å². The van der Waals surface area contributed by atoms with Gasteiger partial charge in [0, 0.05) is 18.3 Å². The number of nitrogens with one attached hydrogen (secondary N) is 1. The fourth-order valence-electron chi connectivity index (χ4n) is 2.47. The highest BCUT2D eigenvalue weighted by Crippen LogP contribution is 2.17. The van der Waals surface area contributed by atoms with Crippen molar-refractivity contribution in [1.29, 1.82) is 0 Å². The first-order chi connectivity index (χ1) is 9.61. The predicted molar refractivity (Wildman–Crippen MR) is 77.7 cm³/mol. The van der Waals surface area contributed by atoms with Crippen molar-refractivity contribution in [2.45, 2.75) is 45.7 Å². The van der Waals surface area contributed by atoms with Gasteiger partial charge in [-0.05, 0) is 32.9 Å². The Labute approximate surface area is 120 Å². The van der Waals surface area contributed by atoms with Crippen LogP contribution in [0.15, 0.2) is 12.3 Å². The molecule has 0 amide bonds. The first-order valence-electron chi connectivity index (χ1n) is 7.49. The molecule has 0 bridgehead atoms. The van der Waals surface area contributed by atoms with Gasteiger partial charge in [0.25, 0.3) is 0 Å². The zero-order valence-corrected chi connectivity index (χ0v) is 12.6. The number of carbonyl (C=O) groups is 1. The molecule has 0 spiro atoms. The number of rotatable bonds is 7. The summed E-state index contributed by atoms with van der Waals surface area (Å²) in [5.74, 6) is 0.191. The van der Waals surface area contributed by atoms with E-state index < -0.39 is 0 Å². The molecule has 2 atom stereocenters. The molecule has 1 aliphatic rings. The number of aromatic nitrogens is 2. The highest BCUT2D eigenvalue weighted by molar-refractivity contribution is 5.84. The van der Waals surface area contributed by atoms with E-state index in [1.165, 1.54) is 0 Å². The molecule has 0 aromatic carbocycles. The van der Waals surface area contributed by atoms with Gasteiger partial charge in [0.1, 0.15) is 5.78 Å². The van der Waals surface area contributed by atoms with Crippen LogP contribution in [0.5, 0.6) is 0 Å². The number of ether oxygens (including phenoxy) is 1. The molecule has 1 aliphatic heterocycles. The van der Waals surface area contributed by atoms with E-state index in [0.717, 1.165) is 18.7 Å². The fourth-order valence-corrected chi connectivity index (χ4v) is 2.47. The molecule has 2 heterocycles. The zero-order valence-electron chi connectivity index (χ0n) is 12.6. The summed E-state index contributed by atoms with van der Waals surface area (Å²) in [5.41, 5.74) is 0.852. The first-order valence-corrected chi connectivity index (χ1v) is 7.49. The molecule has 0 aliphatic carbocycles. The van der Waals surface area contributed by atoms with E-state index in [-0.39, 0.29) is 17.7 Å². The summed E-state index contributed by atoms with van der Waals surface area (Å²) in [6.07, 6.45) is 3.40. The van der Waals surface area contributed by atoms with Gasteiger partial charge < -0.3 is 10.1 Å². The predicted octanol–water partition coefficient (Wildman–Crippen LogP) is 1.59. The fraction of sp³-hybridized carbons (Fsp3) is 0.733. The second-order valence-electron chi connectivity index (χ2n) is 5.73. The van der Waals surface area contributed by atoms with Gasteiger partial charge in [0.05, 0.1) is 31.2 Å². The van der Waals surface area contributed by atoms with Crippen LogP contribution >= 0.6 is 0 Å². The largest absolute Gasteiger partial charge is 0.379 e. The van der Waals surface area contributed by atoms with Gasteiger partial charge in [0.15, 0.2) is 0 Å². The Bertz CT molecular complexity index is 442. The van der Waals surface area contributed by atoms with Crippen LogP contribution in [0.3, 0.4) is 0 Å². The Kier molecular flexibility index (Phi) is 5.31. The number of hydrogen-bond acceptors (Lipinski definition) is 4. The monoisotopic (exact) mass is 279 g/mol. The van der Waals surface area contributed by atoms with Crippen LogP contribution in [0.4, 0.5) is 0 Å². The molecule has 112 valence electrons. The van der Waals surface area contributed by atoms with Gasteiger partial charge in [-0.3, -0.25) is 9.48 Å². The third kappa shape index (κ3) is 3.67. The molecule has 1 aromatic rings. The molecule has 2 rings (SSSR count). The minimum absolute atomic E-state index is 0.0363. The maximum absolute atomic E-state index is 12.4. The highest BCUT2D eigenvalue weighted by atomic mass is 16.5. The summed E-state index contributed by atoms with van der Waals surface area (Å²) >= 11 is 0. The molecule has 2 unspecified atom stereocenters. The Morgan fingerprint density at radius 3 is 3.00 bits per heavy atom. The molecule has 1 N–H and O–H groups in total. The van der Waals surface area contributed by atoms with Crippen LogP contribution in [-0.2, 0) is 16.0 Å². The van der Waals surface area contributed by atoms with Crippen molar-refractivity contribution in [3.05, 3.63) is 18.0 Å². The molecule has 1 saturated heterocycles. The summed E-state index contributed by atoms with van der Waals surface area (Å²) in [5, 5.41) is 7.84. The lowest BCUT2D eigenvalue weighted by molar-refractivity contribution is -0.122. The van der Waals surface area contributed by atoms with E-state index in [1.54, 1.807) is 0 Å². The van der Waals surface area contributed by atoms with Crippen LogP contribution in [0.25, 0.3) is 0 Å². The van der Waals surface area contributed by atoms with Crippen molar-refractivity contribution >= 4 is 5.78 Å². The van der Waals surface area contributed by atoms with Crippen LogP contribution in [0.1, 0.15) is 38.9 Å². The molecule has 0 saturated carbocycles. The van der Waals surface area contributed by atoms with Crippen molar-refractivity contribution in [2.75, 3.05) is 19.8 Å². The summed E-state index contributed by atoms with van der Waals surface area (Å²) in [6.45, 7) is 8.38. The van der Waals surface area contributed by atoms with Gasteiger partial charge >= 0.3 is 0 Å². The molecule has 1 aromatic heterocycles. The van der Waals surface area contributed by atoms with Gasteiger partial charge in [-0.2, -0.15) is 5.10 Å². The van der Waals surface area contributed by atoms with Crippen LogP contribution in [0, 0.1) is 5.92 Å². The topological polar surface area (TPSA) is 56.1 Å². The maximum Gasteiger partial charge on any atom is 0.145 e. The molecule has 1 fully saturated rings. The van der Waals surface area contributed by atoms with Crippen LogP contribution in [0.2, 0.25) is 0 Å². The summed E-state index contributed by atoms with van der Waals surface area (Å²) in [4.78, 5) is 12.4. The average molecular weight is 279 g/mol. The minimum atomic E-state index is -0.0363. The Morgan fingerprint density at radius 2 is 2.35 bits per heavy atom. The lowest BCUT2D eigenvalue weighted by Gasteiger charge is -2.17. The Morgan fingerprint density at radius 1 is 1.55 bits per heavy atom. The summed E-state index contributed by atoms with van der Waals surface area (Å²) in [6, 6.07) is 2.42. The zero-order chi connectivity index (χ0) is 14.5. The maximum atomic E-state index is 12.4. The first kappa shape index (κ1) is 15.2. The Hall–Kier alpha value is -1.20. The van der Waals surface area contributed by atoms with Gasteiger partial charge in [-0.15, -0.1) is 0 Å². The summed E-state index contributed by atoms with van der Waals surface area (Å²) < 4.78 is 7.35. The quantitative estimate of drug-likeness (QED) is 0.823. The molecular weight excluding hydrogens is 254 g/mol. The average Bonchev–Trinajstić information content (AvgIpc) is 3.04. The van der Waals surface area contributed by atoms with Crippen molar-refractivity contribution in [3.63, 3.8) is 0 Å². The molecule has 5 nitrogen and oxygen atoms in total. The van der Waals surface area contributed by atoms with Crippen molar-refractivity contribution < 1.29 is 9.53 Å². The van der Waals surface area contributed by atoms with Gasteiger partial charge in [0.2, 0.25) is 0 Å². The van der Waals surface area contributed by atoms with Crippen LogP contribution in [-0.4, -0.2) is 41.4 Å². The number of hydrogen-bond donors (Lipinski definition) is 1. The SMILES string of the molecule is CCCNC1COCC1C(=O)Cc1ccn(C(C)C)n1. The number of ketones is 1. The standard InChI is InChI=1S/C15H25N3O2/c1-4-6-16-14-10-20-9-13(14)15(19)8-12-5-7-18(17-12)11(2)3/h5,7,11,13-14,16H,4,6,8-10H2,1-3H3. The normalized spacial score (nSPS) is 22.6. The molecule has 20 heavy (non-hydrogen) atoms. The van der Waals surface area contributed by atoms with Gasteiger partial charge in [-0.1, -0.05) is 6.92 Å². The van der Waals surface area contributed by atoms with E-state index >= 15 is 0 Å². The molecular formula is C15H25N3O2. The Balaban J connectivity index is 1.92. The molecule has 0 radical (unpaired) electrons. The lowest BCUT2D eigenvalue weighted by atomic mass is 9.95. The van der Waals surface area contributed by atoms with Crippen molar-refractivity contribution in [3.8, 4) is 0 Å². The minimum Gasteiger partial charge on any atom is -0.379 e. The van der Waals surface area contributed by atoms with E-state index in [4.69, 9.17) is 4.74 Å². The number of nitrogens with zero attached hydrogens (tertiary/aromatic N) is 2.